The van der Waals surface area contributed by atoms with Crippen molar-refractivity contribution in [3.8, 4) is 5.75 Å². The highest BCUT2D eigenvalue weighted by molar-refractivity contribution is 5.97. The van der Waals surface area contributed by atoms with Gasteiger partial charge in [-0.15, -0.1) is 0 Å². The van der Waals surface area contributed by atoms with Crippen LogP contribution in [0.3, 0.4) is 0 Å². The lowest BCUT2D eigenvalue weighted by Crippen LogP contribution is -2.14. The summed E-state index contributed by atoms with van der Waals surface area (Å²) in [7, 11) is 0. The average Bonchev–Trinajstić information content (AvgIpc) is 2.22. The topological polar surface area (TPSA) is 59.1 Å². The van der Waals surface area contributed by atoms with E-state index in [2.05, 4.69) is 0 Å². The van der Waals surface area contributed by atoms with Crippen LogP contribution in [-0.2, 0) is 0 Å². The first-order valence-electron chi connectivity index (χ1n) is 5.44. The van der Waals surface area contributed by atoms with Crippen molar-refractivity contribution < 1.29 is 17.9 Å². The van der Waals surface area contributed by atoms with Crippen molar-refractivity contribution in [3.63, 3.8) is 0 Å². The summed E-state index contributed by atoms with van der Waals surface area (Å²) >= 11 is 0. The molecule has 3 nitrogen and oxygen atoms in total. The summed E-state index contributed by atoms with van der Waals surface area (Å²) < 4.78 is 41.1. The minimum Gasteiger partial charge on any atom is -0.493 e. The quantitative estimate of drug-likeness (QED) is 0.485. The Morgan fingerprint density at radius 1 is 1.39 bits per heavy atom. The van der Waals surface area contributed by atoms with Gasteiger partial charge in [-0.1, -0.05) is 6.07 Å². The van der Waals surface area contributed by atoms with Gasteiger partial charge in [0.1, 0.15) is 11.6 Å². The lowest BCUT2D eigenvalue weighted by Gasteiger charge is -2.12. The van der Waals surface area contributed by atoms with Gasteiger partial charge in [-0.2, -0.15) is 13.2 Å². The smallest absolute Gasteiger partial charge is 0.389 e. The number of benzene rings is 1. The Kier molecular flexibility index (Phi) is 4.58. The number of amidine groups is 1. The van der Waals surface area contributed by atoms with Gasteiger partial charge in [0.25, 0.3) is 0 Å². The first-order chi connectivity index (χ1) is 8.29. The van der Waals surface area contributed by atoms with E-state index in [0.29, 0.717) is 11.3 Å². The van der Waals surface area contributed by atoms with Crippen LogP contribution in [0.1, 0.15) is 24.0 Å². The van der Waals surface area contributed by atoms with E-state index in [0.717, 1.165) is 5.56 Å². The second kappa shape index (κ2) is 5.75. The summed E-state index contributed by atoms with van der Waals surface area (Å²) in [4.78, 5) is 0. The lowest BCUT2D eigenvalue weighted by molar-refractivity contribution is -0.136. The van der Waals surface area contributed by atoms with Crippen LogP contribution in [0.4, 0.5) is 13.2 Å². The number of ether oxygens (including phenoxy) is 1. The molecule has 0 heterocycles. The van der Waals surface area contributed by atoms with Crippen molar-refractivity contribution in [2.75, 3.05) is 6.61 Å². The van der Waals surface area contributed by atoms with Gasteiger partial charge >= 0.3 is 6.18 Å². The molecule has 6 heteroatoms. The van der Waals surface area contributed by atoms with Crippen molar-refractivity contribution >= 4 is 5.84 Å². The van der Waals surface area contributed by atoms with Crippen LogP contribution < -0.4 is 10.5 Å². The average molecular weight is 260 g/mol. The minimum atomic E-state index is -4.17. The molecule has 0 aliphatic carbocycles. The molecule has 0 saturated carbocycles. The van der Waals surface area contributed by atoms with Gasteiger partial charge in [0.05, 0.1) is 12.2 Å². The number of nitrogens with one attached hydrogen (secondary N) is 1. The molecular weight excluding hydrogens is 245 g/mol. The fraction of sp³-hybridized carbons (Fsp3) is 0.417. The summed E-state index contributed by atoms with van der Waals surface area (Å²) in [5.41, 5.74) is 6.65. The third-order valence-electron chi connectivity index (χ3n) is 2.29. The normalized spacial score (nSPS) is 11.3. The molecule has 0 radical (unpaired) electrons. The van der Waals surface area contributed by atoms with E-state index in [1.165, 1.54) is 0 Å². The summed E-state index contributed by atoms with van der Waals surface area (Å²) in [5.74, 6) is 0.186. The van der Waals surface area contributed by atoms with Gasteiger partial charge in [-0.25, -0.2) is 0 Å². The number of rotatable bonds is 5. The van der Waals surface area contributed by atoms with E-state index in [4.69, 9.17) is 15.9 Å². The Bertz CT molecular complexity index is 430. The van der Waals surface area contributed by atoms with Gasteiger partial charge in [-0.3, -0.25) is 5.41 Å². The molecule has 0 atom stereocenters. The van der Waals surface area contributed by atoms with Crippen LogP contribution in [0.5, 0.6) is 5.75 Å². The molecule has 18 heavy (non-hydrogen) atoms. The molecule has 0 aliphatic rings. The number of nitrogens with two attached hydrogens (primary N) is 1. The summed E-state index contributed by atoms with van der Waals surface area (Å²) in [6.45, 7) is 1.77. The second-order valence-electron chi connectivity index (χ2n) is 3.98. The van der Waals surface area contributed by atoms with E-state index in [1.807, 2.05) is 6.92 Å². The molecule has 0 bridgehead atoms. The first-order valence-corrected chi connectivity index (χ1v) is 5.44. The fourth-order valence-corrected chi connectivity index (χ4v) is 1.43. The van der Waals surface area contributed by atoms with Gasteiger partial charge in [0.2, 0.25) is 0 Å². The van der Waals surface area contributed by atoms with E-state index < -0.39 is 12.6 Å². The number of aryl methyl sites for hydroxylation is 1. The molecule has 1 aromatic rings. The SMILES string of the molecule is Cc1ccc(C(=N)N)c(OCCCC(F)(F)F)c1. The van der Waals surface area contributed by atoms with Gasteiger partial charge in [-0.05, 0) is 31.0 Å². The van der Waals surface area contributed by atoms with Crippen LogP contribution in [0.2, 0.25) is 0 Å². The maximum absolute atomic E-state index is 11.9. The maximum Gasteiger partial charge on any atom is 0.389 e. The largest absolute Gasteiger partial charge is 0.493 e. The number of alkyl halides is 3. The molecule has 0 fully saturated rings. The van der Waals surface area contributed by atoms with E-state index in [-0.39, 0.29) is 18.9 Å². The van der Waals surface area contributed by atoms with E-state index in [1.54, 1.807) is 18.2 Å². The van der Waals surface area contributed by atoms with Gasteiger partial charge < -0.3 is 10.5 Å². The zero-order valence-electron chi connectivity index (χ0n) is 9.97. The fourth-order valence-electron chi connectivity index (χ4n) is 1.43. The number of hydrogen-bond acceptors (Lipinski definition) is 2. The Hall–Kier alpha value is -1.72. The minimum absolute atomic E-state index is 0.0523. The molecule has 100 valence electrons. The Morgan fingerprint density at radius 3 is 2.61 bits per heavy atom. The van der Waals surface area contributed by atoms with Crippen LogP contribution in [0.25, 0.3) is 0 Å². The molecule has 0 unspecified atom stereocenters. The zero-order valence-corrected chi connectivity index (χ0v) is 9.97. The second-order valence-corrected chi connectivity index (χ2v) is 3.98. The predicted octanol–water partition coefficient (Wildman–Crippen LogP) is 3.00. The molecule has 0 saturated heterocycles. The highest BCUT2D eigenvalue weighted by Crippen LogP contribution is 2.23. The van der Waals surface area contributed by atoms with Crippen molar-refractivity contribution in [2.24, 2.45) is 5.73 Å². The molecule has 0 aliphatic heterocycles. The monoisotopic (exact) mass is 260 g/mol. The summed E-state index contributed by atoms with van der Waals surface area (Å²) in [6.07, 6.45) is -5.16. The summed E-state index contributed by atoms with van der Waals surface area (Å²) in [5, 5.41) is 7.34. The van der Waals surface area contributed by atoms with E-state index >= 15 is 0 Å². The van der Waals surface area contributed by atoms with Gasteiger partial charge in [0.15, 0.2) is 0 Å². The van der Waals surface area contributed by atoms with Crippen molar-refractivity contribution in [3.05, 3.63) is 29.3 Å². The molecular formula is C12H15F3N2O. The predicted molar refractivity (Wildman–Crippen MR) is 63.0 cm³/mol. The number of nitrogen functional groups attached to an aromatic ring is 1. The Balaban J connectivity index is 2.61. The molecule has 0 amide bonds. The van der Waals surface area contributed by atoms with Crippen molar-refractivity contribution in [2.45, 2.75) is 25.9 Å². The molecule has 1 aromatic carbocycles. The highest BCUT2D eigenvalue weighted by Gasteiger charge is 2.26. The van der Waals surface area contributed by atoms with Crippen LogP contribution >= 0.6 is 0 Å². The third kappa shape index (κ3) is 4.65. The third-order valence-corrected chi connectivity index (χ3v) is 2.29. The van der Waals surface area contributed by atoms with Crippen LogP contribution in [-0.4, -0.2) is 18.6 Å². The molecule has 3 N–H and O–H groups in total. The maximum atomic E-state index is 11.9. The van der Waals surface area contributed by atoms with E-state index in [9.17, 15) is 13.2 Å². The highest BCUT2D eigenvalue weighted by atomic mass is 19.4. The molecule has 1 rings (SSSR count). The Morgan fingerprint density at radius 2 is 2.06 bits per heavy atom. The standard InChI is InChI=1S/C12H15F3N2O/c1-8-3-4-9(11(16)17)10(7-8)18-6-2-5-12(13,14)15/h3-4,7H,2,5-6H2,1H3,(H3,16,17). The van der Waals surface area contributed by atoms with Crippen LogP contribution in [0, 0.1) is 12.3 Å². The van der Waals surface area contributed by atoms with Crippen LogP contribution in [0.15, 0.2) is 18.2 Å². The number of halogens is 3. The lowest BCUT2D eigenvalue weighted by atomic mass is 10.1. The van der Waals surface area contributed by atoms with Crippen molar-refractivity contribution in [1.82, 2.24) is 0 Å². The molecule has 0 aromatic heterocycles. The zero-order chi connectivity index (χ0) is 13.8. The van der Waals surface area contributed by atoms with Crippen molar-refractivity contribution in [1.29, 1.82) is 5.41 Å². The summed E-state index contributed by atoms with van der Waals surface area (Å²) in [6, 6.07) is 5.04. The number of hydrogen-bond donors (Lipinski definition) is 2. The van der Waals surface area contributed by atoms with Gasteiger partial charge in [0, 0.05) is 6.42 Å². The Labute approximate surface area is 103 Å². The first kappa shape index (κ1) is 14.3. The molecule has 0 spiro atoms.